The molecule has 0 saturated carbocycles. The molecule has 128 valence electrons. The fraction of sp³-hybridized carbons (Fsp3) is 0.176. The fourth-order valence-corrected chi connectivity index (χ4v) is 3.45. The van der Waals surface area contributed by atoms with Gasteiger partial charge in [-0.1, -0.05) is 35.3 Å². The van der Waals surface area contributed by atoms with Gasteiger partial charge in [0.2, 0.25) is 0 Å². The first-order valence-electron chi connectivity index (χ1n) is 7.63. The molecule has 0 radical (unpaired) electrons. The van der Waals surface area contributed by atoms with Gasteiger partial charge in [-0.2, -0.15) is 5.10 Å². The third kappa shape index (κ3) is 2.67. The van der Waals surface area contributed by atoms with Gasteiger partial charge in [0.25, 0.3) is 0 Å². The van der Waals surface area contributed by atoms with Crippen LogP contribution in [0.1, 0.15) is 11.1 Å². The van der Waals surface area contributed by atoms with E-state index in [9.17, 15) is 10.2 Å². The zero-order chi connectivity index (χ0) is 17.6. The number of benzene rings is 2. The molecule has 25 heavy (non-hydrogen) atoms. The van der Waals surface area contributed by atoms with Gasteiger partial charge in [-0.25, -0.2) is 9.69 Å². The van der Waals surface area contributed by atoms with Crippen LogP contribution in [-0.2, 0) is 13.2 Å². The minimum atomic E-state index is -0.326. The number of hydrogen-bond donors (Lipinski definition) is 2. The minimum Gasteiger partial charge on any atom is -0.374 e. The summed E-state index contributed by atoms with van der Waals surface area (Å²) in [5, 5.41) is 31.5. The predicted molar refractivity (Wildman–Crippen MR) is 98.2 cm³/mol. The molecule has 0 atom stereocenters. The summed E-state index contributed by atoms with van der Waals surface area (Å²) in [5.74, 6) is 0.476. The molecule has 1 aliphatic rings. The highest BCUT2D eigenvalue weighted by Gasteiger charge is 2.28. The molecule has 8 heteroatoms. The molecule has 0 amide bonds. The third-order valence-electron chi connectivity index (χ3n) is 4.18. The Bertz CT molecular complexity index is 982. The van der Waals surface area contributed by atoms with E-state index < -0.39 is 0 Å². The summed E-state index contributed by atoms with van der Waals surface area (Å²) in [6, 6.07) is 11.1. The lowest BCUT2D eigenvalue weighted by atomic mass is 9.98. The maximum Gasteiger partial charge on any atom is 0.181 e. The molecule has 4 rings (SSSR count). The summed E-state index contributed by atoms with van der Waals surface area (Å²) in [7, 11) is 0. The molecule has 1 aliphatic heterocycles. The van der Waals surface area contributed by atoms with E-state index in [-0.39, 0.29) is 13.5 Å². The summed E-state index contributed by atoms with van der Waals surface area (Å²) in [6.45, 7) is -0.600. The zero-order valence-electron chi connectivity index (χ0n) is 13.0. The maximum absolute atomic E-state index is 9.70. The van der Waals surface area contributed by atoms with Crippen molar-refractivity contribution in [3.8, 4) is 0 Å². The SMILES string of the molecule is OCN1N=C(Cc2ccc(Cl)cc2)c2c(Cl)ccc3c2c1nn3CO. The fourth-order valence-electron chi connectivity index (χ4n) is 3.06. The Morgan fingerprint density at radius 2 is 1.72 bits per heavy atom. The van der Waals surface area contributed by atoms with Crippen LogP contribution >= 0.6 is 23.2 Å². The smallest absolute Gasteiger partial charge is 0.181 e. The van der Waals surface area contributed by atoms with Crippen molar-refractivity contribution in [1.29, 1.82) is 0 Å². The summed E-state index contributed by atoms with van der Waals surface area (Å²) in [4.78, 5) is 0. The van der Waals surface area contributed by atoms with Crippen LogP contribution in [0.2, 0.25) is 10.0 Å². The first-order valence-corrected chi connectivity index (χ1v) is 8.38. The second kappa shape index (κ2) is 6.31. The van der Waals surface area contributed by atoms with Crippen molar-refractivity contribution in [3.63, 3.8) is 0 Å². The van der Waals surface area contributed by atoms with Gasteiger partial charge in [0, 0.05) is 17.0 Å². The van der Waals surface area contributed by atoms with E-state index in [1.165, 1.54) is 9.69 Å². The quantitative estimate of drug-likeness (QED) is 0.733. The van der Waals surface area contributed by atoms with Crippen LogP contribution in [0.15, 0.2) is 41.5 Å². The van der Waals surface area contributed by atoms with Gasteiger partial charge < -0.3 is 10.2 Å². The molecule has 0 saturated heterocycles. The summed E-state index contributed by atoms with van der Waals surface area (Å²) < 4.78 is 1.45. The number of aliphatic hydroxyl groups excluding tert-OH is 2. The van der Waals surface area contributed by atoms with Gasteiger partial charge >= 0.3 is 0 Å². The van der Waals surface area contributed by atoms with Gasteiger partial charge in [-0.3, -0.25) is 0 Å². The average molecular weight is 377 g/mol. The summed E-state index contributed by atoms with van der Waals surface area (Å²) >= 11 is 12.4. The maximum atomic E-state index is 9.70. The lowest BCUT2D eigenvalue weighted by molar-refractivity contribution is 0.200. The van der Waals surface area contributed by atoms with Crippen LogP contribution in [0, 0.1) is 0 Å². The van der Waals surface area contributed by atoms with Gasteiger partial charge in [-0.05, 0) is 29.8 Å². The Kier molecular flexibility index (Phi) is 4.13. The molecule has 2 aromatic carbocycles. The van der Waals surface area contributed by atoms with E-state index in [1.54, 1.807) is 12.1 Å². The number of anilines is 1. The average Bonchev–Trinajstić information content (AvgIpc) is 3.00. The Morgan fingerprint density at radius 3 is 2.40 bits per heavy atom. The van der Waals surface area contributed by atoms with Crippen molar-refractivity contribution < 1.29 is 10.2 Å². The first kappa shape index (κ1) is 16.4. The minimum absolute atomic E-state index is 0.274. The standard InChI is InChI=1S/C17H14Cl2N4O2/c18-11-3-1-10(2-4-11)7-13-15-12(19)5-6-14-16(15)17(21-22(14)8-24)23(9-25)20-13/h1-6,24-25H,7-9H2. The largest absolute Gasteiger partial charge is 0.374 e. The third-order valence-corrected chi connectivity index (χ3v) is 4.74. The number of rotatable bonds is 4. The Hall–Kier alpha value is -2.12. The molecule has 0 aliphatic carbocycles. The molecular weight excluding hydrogens is 363 g/mol. The van der Waals surface area contributed by atoms with Crippen molar-refractivity contribution in [2.75, 3.05) is 11.7 Å². The second-order valence-corrected chi connectivity index (χ2v) is 6.52. The highest BCUT2D eigenvalue weighted by atomic mass is 35.5. The van der Waals surface area contributed by atoms with E-state index in [0.29, 0.717) is 22.3 Å². The van der Waals surface area contributed by atoms with Crippen molar-refractivity contribution >= 4 is 45.6 Å². The highest BCUT2D eigenvalue weighted by molar-refractivity contribution is 6.37. The van der Waals surface area contributed by atoms with Crippen LogP contribution in [0.4, 0.5) is 5.82 Å². The van der Waals surface area contributed by atoms with Crippen LogP contribution in [0.25, 0.3) is 10.9 Å². The topological polar surface area (TPSA) is 73.9 Å². The van der Waals surface area contributed by atoms with E-state index in [4.69, 9.17) is 23.2 Å². The molecular formula is C17H14Cl2N4O2. The predicted octanol–water partition coefficient (Wildman–Crippen LogP) is 3.01. The molecule has 0 fully saturated rings. The number of halogens is 2. The Morgan fingerprint density at radius 1 is 0.960 bits per heavy atom. The molecule has 0 spiro atoms. The number of aromatic nitrogens is 2. The molecule has 6 nitrogen and oxygen atoms in total. The Labute approximate surface area is 153 Å². The summed E-state index contributed by atoms with van der Waals surface area (Å²) in [5.41, 5.74) is 3.25. The Balaban J connectivity index is 1.89. The van der Waals surface area contributed by atoms with Crippen molar-refractivity contribution in [3.05, 3.63) is 57.6 Å². The first-order chi connectivity index (χ1) is 12.1. The van der Waals surface area contributed by atoms with Gasteiger partial charge in [0.15, 0.2) is 5.82 Å². The lowest BCUT2D eigenvalue weighted by Crippen LogP contribution is -2.25. The van der Waals surface area contributed by atoms with Crippen LogP contribution < -0.4 is 5.01 Å². The zero-order valence-corrected chi connectivity index (χ0v) is 14.5. The lowest BCUT2D eigenvalue weighted by Gasteiger charge is -2.23. The summed E-state index contributed by atoms with van der Waals surface area (Å²) in [6.07, 6.45) is 0.524. The number of aliphatic hydroxyl groups is 2. The van der Waals surface area contributed by atoms with Gasteiger partial charge in [0.1, 0.15) is 13.5 Å². The molecule has 2 N–H and O–H groups in total. The van der Waals surface area contributed by atoms with E-state index in [0.717, 1.165) is 27.7 Å². The van der Waals surface area contributed by atoms with Crippen LogP contribution in [0.5, 0.6) is 0 Å². The number of nitrogens with zero attached hydrogens (tertiary/aromatic N) is 4. The van der Waals surface area contributed by atoms with Gasteiger partial charge in [0.05, 0.1) is 21.6 Å². The molecule has 0 bridgehead atoms. The second-order valence-electron chi connectivity index (χ2n) is 5.67. The van der Waals surface area contributed by atoms with E-state index in [2.05, 4.69) is 10.2 Å². The van der Waals surface area contributed by atoms with Crippen molar-refractivity contribution in [2.24, 2.45) is 5.10 Å². The molecule has 1 aromatic heterocycles. The highest BCUT2D eigenvalue weighted by Crippen LogP contribution is 2.37. The van der Waals surface area contributed by atoms with Gasteiger partial charge in [-0.15, -0.1) is 5.10 Å². The number of hydrogen-bond acceptors (Lipinski definition) is 5. The number of hydrazone groups is 1. The van der Waals surface area contributed by atoms with Crippen molar-refractivity contribution in [2.45, 2.75) is 13.2 Å². The monoisotopic (exact) mass is 376 g/mol. The normalized spacial score (nSPS) is 13.4. The molecule has 2 heterocycles. The van der Waals surface area contributed by atoms with E-state index >= 15 is 0 Å². The molecule has 3 aromatic rings. The van der Waals surface area contributed by atoms with Crippen LogP contribution in [-0.4, -0.2) is 32.4 Å². The molecule has 0 unspecified atom stereocenters. The van der Waals surface area contributed by atoms with E-state index in [1.807, 2.05) is 24.3 Å². The van der Waals surface area contributed by atoms with Crippen LogP contribution in [0.3, 0.4) is 0 Å². The van der Waals surface area contributed by atoms with Crippen molar-refractivity contribution in [1.82, 2.24) is 9.78 Å².